The topological polar surface area (TPSA) is 74.8 Å². The van der Waals surface area contributed by atoms with Crippen LogP contribution in [0.4, 0.5) is 13.2 Å². The zero-order valence-corrected chi connectivity index (χ0v) is 16.8. The van der Waals surface area contributed by atoms with E-state index in [0.717, 1.165) is 24.3 Å². The highest BCUT2D eigenvalue weighted by atomic mass is 32.2. The number of piperidine rings is 1. The molecule has 0 saturated carbocycles. The lowest BCUT2D eigenvalue weighted by atomic mass is 9.94. The highest BCUT2D eigenvalue weighted by Gasteiger charge is 2.36. The molecule has 0 aromatic heterocycles. The number of alkyl halides is 3. The number of nitrogens with zero attached hydrogens (tertiary/aromatic N) is 2. The van der Waals surface area contributed by atoms with Crippen LogP contribution in [0.2, 0.25) is 0 Å². The Hall–Kier alpha value is -2.10. The largest absolute Gasteiger partial charge is 0.416 e. The summed E-state index contributed by atoms with van der Waals surface area (Å²) in [6, 6.07) is 3.79. The van der Waals surface area contributed by atoms with Gasteiger partial charge in [-0.25, -0.2) is 8.42 Å². The number of benzene rings is 1. The molecule has 3 rings (SSSR count). The van der Waals surface area contributed by atoms with Gasteiger partial charge in [0.05, 0.1) is 17.1 Å². The second kappa shape index (κ2) is 7.97. The summed E-state index contributed by atoms with van der Waals surface area (Å²) in [6.45, 7) is 0.653. The van der Waals surface area contributed by atoms with E-state index in [1.165, 1.54) is 9.80 Å². The second-order valence-corrected chi connectivity index (χ2v) is 9.88. The van der Waals surface area contributed by atoms with E-state index in [2.05, 4.69) is 0 Å². The van der Waals surface area contributed by atoms with Crippen LogP contribution in [-0.2, 0) is 20.8 Å². The molecule has 10 heteroatoms. The Balaban J connectivity index is 1.56. The fraction of sp³-hybridized carbons (Fsp3) is 0.579. The van der Waals surface area contributed by atoms with Crippen molar-refractivity contribution in [2.75, 3.05) is 31.6 Å². The molecule has 1 unspecified atom stereocenters. The number of hydrogen-bond acceptors (Lipinski definition) is 4. The van der Waals surface area contributed by atoms with Crippen molar-refractivity contribution in [3.8, 4) is 0 Å². The fourth-order valence-electron chi connectivity index (χ4n) is 3.86. The summed E-state index contributed by atoms with van der Waals surface area (Å²) in [4.78, 5) is 28.3. The Bertz CT molecular complexity index is 876. The van der Waals surface area contributed by atoms with Crippen molar-refractivity contribution in [3.63, 3.8) is 0 Å². The Morgan fingerprint density at radius 3 is 2.14 bits per heavy atom. The molecule has 2 heterocycles. The highest BCUT2D eigenvalue weighted by molar-refractivity contribution is 7.91. The van der Waals surface area contributed by atoms with Crippen molar-refractivity contribution >= 4 is 21.7 Å². The fourth-order valence-corrected chi connectivity index (χ4v) is 5.64. The van der Waals surface area contributed by atoms with Gasteiger partial charge < -0.3 is 9.80 Å². The van der Waals surface area contributed by atoms with Gasteiger partial charge in [-0.15, -0.1) is 0 Å². The summed E-state index contributed by atoms with van der Waals surface area (Å²) >= 11 is 0. The summed E-state index contributed by atoms with van der Waals surface area (Å²) in [5, 5.41) is 0. The Kier molecular flexibility index (Phi) is 5.93. The van der Waals surface area contributed by atoms with Crippen molar-refractivity contribution in [1.29, 1.82) is 0 Å². The lowest BCUT2D eigenvalue weighted by Crippen LogP contribution is -2.46. The van der Waals surface area contributed by atoms with Gasteiger partial charge in [-0.1, -0.05) is 0 Å². The van der Waals surface area contributed by atoms with Crippen LogP contribution in [0.5, 0.6) is 0 Å². The quantitative estimate of drug-likeness (QED) is 0.734. The van der Waals surface area contributed by atoms with E-state index in [9.17, 15) is 31.2 Å². The maximum atomic E-state index is 12.7. The first-order valence-electron chi connectivity index (χ1n) is 9.41. The van der Waals surface area contributed by atoms with Gasteiger partial charge in [0.2, 0.25) is 5.91 Å². The number of halogens is 3. The monoisotopic (exact) mass is 432 g/mol. The van der Waals surface area contributed by atoms with Crippen LogP contribution >= 0.6 is 0 Å². The maximum Gasteiger partial charge on any atom is 0.416 e. The minimum Gasteiger partial charge on any atom is -0.341 e. The van der Waals surface area contributed by atoms with E-state index in [-0.39, 0.29) is 40.8 Å². The molecule has 1 aromatic rings. The molecule has 0 aliphatic carbocycles. The van der Waals surface area contributed by atoms with Gasteiger partial charge in [0.1, 0.15) is 0 Å². The van der Waals surface area contributed by atoms with E-state index in [0.29, 0.717) is 32.4 Å². The van der Waals surface area contributed by atoms with Crippen LogP contribution in [0.3, 0.4) is 0 Å². The molecule has 2 amide bonds. The highest BCUT2D eigenvalue weighted by Crippen LogP contribution is 2.30. The summed E-state index contributed by atoms with van der Waals surface area (Å²) in [5.41, 5.74) is -0.633. The Labute approximate surface area is 167 Å². The van der Waals surface area contributed by atoms with Crippen LogP contribution in [0.25, 0.3) is 0 Å². The van der Waals surface area contributed by atoms with Gasteiger partial charge in [0.15, 0.2) is 9.84 Å². The van der Waals surface area contributed by atoms with Crippen molar-refractivity contribution in [2.24, 2.45) is 5.92 Å². The van der Waals surface area contributed by atoms with Gasteiger partial charge in [0.25, 0.3) is 5.91 Å². The summed E-state index contributed by atoms with van der Waals surface area (Å²) in [6.07, 6.45) is -3.13. The lowest BCUT2D eigenvalue weighted by Gasteiger charge is -2.34. The molecule has 0 N–H and O–H groups in total. The maximum absolute atomic E-state index is 12.7. The van der Waals surface area contributed by atoms with Crippen LogP contribution < -0.4 is 0 Å². The SMILES string of the molecule is CN(C(=O)C1CCN(C(=O)c2ccc(C(F)(F)F)cc2)CC1)C1CCS(=O)(=O)C1. The molecule has 1 aromatic carbocycles. The van der Waals surface area contributed by atoms with Gasteiger partial charge in [-0.05, 0) is 43.5 Å². The van der Waals surface area contributed by atoms with Crippen LogP contribution in [-0.4, -0.2) is 67.7 Å². The average Bonchev–Trinajstić information content (AvgIpc) is 3.05. The lowest BCUT2D eigenvalue weighted by molar-refractivity contribution is -0.138. The molecule has 2 saturated heterocycles. The first-order valence-corrected chi connectivity index (χ1v) is 11.2. The summed E-state index contributed by atoms with van der Waals surface area (Å²) < 4.78 is 61.2. The second-order valence-electron chi connectivity index (χ2n) is 7.65. The van der Waals surface area contributed by atoms with Gasteiger partial charge in [-0.2, -0.15) is 13.2 Å². The van der Waals surface area contributed by atoms with Gasteiger partial charge >= 0.3 is 6.18 Å². The van der Waals surface area contributed by atoms with Crippen molar-refractivity contribution in [1.82, 2.24) is 9.80 Å². The van der Waals surface area contributed by atoms with Crippen LogP contribution in [0.15, 0.2) is 24.3 Å². The molecule has 2 fully saturated rings. The zero-order valence-electron chi connectivity index (χ0n) is 16.0. The third kappa shape index (κ3) is 4.91. The van der Waals surface area contributed by atoms with E-state index < -0.39 is 21.6 Å². The third-order valence-electron chi connectivity index (χ3n) is 5.69. The van der Waals surface area contributed by atoms with Gasteiger partial charge in [0, 0.05) is 37.7 Å². The zero-order chi connectivity index (χ0) is 21.4. The molecule has 6 nitrogen and oxygen atoms in total. The van der Waals surface area contributed by atoms with Gasteiger partial charge in [-0.3, -0.25) is 9.59 Å². The van der Waals surface area contributed by atoms with E-state index >= 15 is 0 Å². The predicted octanol–water partition coefficient (Wildman–Crippen LogP) is 2.20. The smallest absolute Gasteiger partial charge is 0.341 e. The molecule has 2 aliphatic rings. The normalized spacial score (nSPS) is 22.5. The molecule has 29 heavy (non-hydrogen) atoms. The number of carbonyl (C=O) groups is 2. The first kappa shape index (κ1) is 21.6. The number of carbonyl (C=O) groups excluding carboxylic acids is 2. The Morgan fingerprint density at radius 1 is 1.07 bits per heavy atom. The molecule has 2 aliphatic heterocycles. The van der Waals surface area contributed by atoms with Crippen molar-refractivity contribution < 1.29 is 31.2 Å². The van der Waals surface area contributed by atoms with Crippen LogP contribution in [0, 0.1) is 5.92 Å². The number of amides is 2. The van der Waals surface area contributed by atoms with E-state index in [4.69, 9.17) is 0 Å². The number of sulfone groups is 1. The molecule has 0 bridgehead atoms. The number of rotatable bonds is 3. The minimum absolute atomic E-state index is 0.0134. The predicted molar refractivity (Wildman–Crippen MR) is 99.9 cm³/mol. The minimum atomic E-state index is -4.45. The standard InChI is InChI=1S/C19H23F3N2O4S/c1-23(16-8-11-29(27,28)12-16)17(25)14-6-9-24(10-7-14)18(26)13-2-4-15(5-3-13)19(20,21)22/h2-5,14,16H,6-12H2,1H3. The van der Waals surface area contributed by atoms with Crippen molar-refractivity contribution in [3.05, 3.63) is 35.4 Å². The number of hydrogen-bond donors (Lipinski definition) is 0. The van der Waals surface area contributed by atoms with Crippen molar-refractivity contribution in [2.45, 2.75) is 31.5 Å². The molecular weight excluding hydrogens is 409 g/mol. The first-order chi connectivity index (χ1) is 13.5. The average molecular weight is 432 g/mol. The number of likely N-dealkylation sites (tertiary alicyclic amines) is 1. The van der Waals surface area contributed by atoms with Crippen LogP contribution in [0.1, 0.15) is 35.2 Å². The molecular formula is C19H23F3N2O4S. The van der Waals surface area contributed by atoms with E-state index in [1.54, 1.807) is 7.05 Å². The molecule has 160 valence electrons. The molecule has 0 radical (unpaired) electrons. The summed E-state index contributed by atoms with van der Waals surface area (Å²) in [7, 11) is -1.47. The molecule has 1 atom stereocenters. The van der Waals surface area contributed by atoms with E-state index in [1.807, 2.05) is 0 Å². The third-order valence-corrected chi connectivity index (χ3v) is 7.44. The molecule has 0 spiro atoms. The summed E-state index contributed by atoms with van der Waals surface area (Å²) in [5.74, 6) is -0.691. The Morgan fingerprint density at radius 2 is 1.66 bits per heavy atom.